The highest BCUT2D eigenvalue weighted by Gasteiger charge is 2.34. The largest absolute Gasteiger partial charge is 0.512 e. The lowest BCUT2D eigenvalue weighted by atomic mass is 9.68. The first-order valence-electron chi connectivity index (χ1n) is 17.4. The Bertz CT molecular complexity index is 1700. The molecule has 0 bridgehead atoms. The molecule has 0 saturated carbocycles. The zero-order valence-electron chi connectivity index (χ0n) is 27.8. The molecule has 0 heterocycles. The molecule has 3 aromatic carbocycles. The summed E-state index contributed by atoms with van der Waals surface area (Å²) in [6.45, 7) is 16.3. The Balaban J connectivity index is 1.77. The Hall–Kier alpha value is -3.06. The fourth-order valence-corrected chi connectivity index (χ4v) is 8.22. The molecule has 1 N–H and O–H groups in total. The molecule has 0 amide bonds. The number of unbranched alkanes of at least 4 members (excludes halogenated alkanes) is 1. The normalized spacial score (nSPS) is 17.4. The number of aryl methyl sites for hydroxylation is 2. The van der Waals surface area contributed by atoms with Crippen LogP contribution in [0.5, 0.6) is 0 Å². The van der Waals surface area contributed by atoms with Crippen molar-refractivity contribution in [2.75, 3.05) is 0 Å². The monoisotopic (exact) mass is 572 g/mol. The van der Waals surface area contributed by atoms with Gasteiger partial charge in [0.1, 0.15) is 0 Å². The van der Waals surface area contributed by atoms with Crippen LogP contribution in [-0.2, 0) is 25.7 Å². The van der Waals surface area contributed by atoms with E-state index < -0.39 is 0 Å². The first-order valence-corrected chi connectivity index (χ1v) is 17.4. The third-order valence-corrected chi connectivity index (χ3v) is 10.1. The van der Waals surface area contributed by atoms with Crippen LogP contribution in [0.4, 0.5) is 0 Å². The van der Waals surface area contributed by atoms with Gasteiger partial charge in [0.2, 0.25) is 0 Å². The van der Waals surface area contributed by atoms with Gasteiger partial charge in [0, 0.05) is 12.3 Å². The molecule has 0 fully saturated rings. The number of allylic oxidation sites excluding steroid dienone is 7. The molecule has 1 heteroatoms. The SMILES string of the molecule is CCCCC1=CC2C(=C(CC)c3c4c5c(c(CCC(C)C)cc(CCC)c5c5cc(CC(C)C)cc2c35)C=C(O)C4)C=C1. The van der Waals surface area contributed by atoms with E-state index in [4.69, 9.17) is 0 Å². The highest BCUT2D eigenvalue weighted by molar-refractivity contribution is 6.20. The summed E-state index contributed by atoms with van der Waals surface area (Å²) in [4.78, 5) is 0. The Morgan fingerprint density at radius 2 is 1.65 bits per heavy atom. The van der Waals surface area contributed by atoms with E-state index >= 15 is 0 Å². The van der Waals surface area contributed by atoms with Gasteiger partial charge in [0.05, 0.1) is 5.76 Å². The molecule has 0 aromatic heterocycles. The number of aliphatic hydroxyl groups is 1. The van der Waals surface area contributed by atoms with Gasteiger partial charge in [-0.25, -0.2) is 0 Å². The second-order valence-corrected chi connectivity index (χ2v) is 14.4. The summed E-state index contributed by atoms with van der Waals surface area (Å²) in [6, 6.07) is 7.65. The minimum atomic E-state index is 0.311. The maximum absolute atomic E-state index is 11.3. The van der Waals surface area contributed by atoms with Crippen LogP contribution in [0.25, 0.3) is 33.2 Å². The number of benzene rings is 3. The number of hydrogen-bond acceptors (Lipinski definition) is 1. The van der Waals surface area contributed by atoms with Gasteiger partial charge in [-0.05, 0) is 134 Å². The van der Waals surface area contributed by atoms with Crippen molar-refractivity contribution in [2.24, 2.45) is 11.8 Å². The van der Waals surface area contributed by atoms with Crippen LogP contribution in [0.3, 0.4) is 0 Å². The Labute approximate surface area is 260 Å². The quantitative estimate of drug-likeness (QED) is 0.227. The average Bonchev–Trinajstić information content (AvgIpc) is 2.97. The van der Waals surface area contributed by atoms with Crippen molar-refractivity contribution >= 4 is 33.2 Å². The van der Waals surface area contributed by atoms with Crippen LogP contribution in [0.2, 0.25) is 0 Å². The van der Waals surface area contributed by atoms with Crippen molar-refractivity contribution in [2.45, 2.75) is 119 Å². The van der Waals surface area contributed by atoms with Crippen molar-refractivity contribution in [3.8, 4) is 0 Å². The zero-order valence-corrected chi connectivity index (χ0v) is 27.8. The first kappa shape index (κ1) is 30.0. The van der Waals surface area contributed by atoms with Gasteiger partial charge in [-0.2, -0.15) is 0 Å². The third kappa shape index (κ3) is 5.32. The first-order chi connectivity index (χ1) is 20.7. The minimum absolute atomic E-state index is 0.311. The molecule has 0 spiro atoms. The van der Waals surface area contributed by atoms with Gasteiger partial charge in [-0.1, -0.05) is 103 Å². The highest BCUT2D eigenvalue weighted by Crippen LogP contribution is 2.53. The summed E-state index contributed by atoms with van der Waals surface area (Å²) in [5, 5.41) is 17.2. The molecular weight excluding hydrogens is 520 g/mol. The molecule has 43 heavy (non-hydrogen) atoms. The molecule has 1 atom stereocenters. The van der Waals surface area contributed by atoms with Gasteiger partial charge in [-0.15, -0.1) is 0 Å². The molecule has 0 saturated heterocycles. The second kappa shape index (κ2) is 12.1. The predicted octanol–water partition coefficient (Wildman–Crippen LogP) is 12.1. The van der Waals surface area contributed by atoms with Crippen molar-refractivity contribution < 1.29 is 5.11 Å². The predicted molar refractivity (Wildman–Crippen MR) is 188 cm³/mol. The highest BCUT2D eigenvalue weighted by atomic mass is 16.3. The molecule has 3 aromatic rings. The molecule has 3 aliphatic rings. The standard InChI is InChI=1S/C42H52O/c1-8-11-13-27-15-17-33-32(10-3)40-38-24-31(43)23-34-29(16-14-25(4)5)22-30(12-9-2)39(41(34)38)37-21-28(18-26(6)7)20-36(42(37)40)35(33)19-27/h15,17,19-23,25-26,35,43H,8-14,16,18,24H2,1-7H3. The lowest BCUT2D eigenvalue weighted by Gasteiger charge is -2.35. The van der Waals surface area contributed by atoms with E-state index in [0.29, 0.717) is 29.9 Å². The molecule has 0 radical (unpaired) electrons. The van der Waals surface area contributed by atoms with E-state index in [1.807, 2.05) is 0 Å². The van der Waals surface area contributed by atoms with E-state index in [1.165, 1.54) is 96.5 Å². The molecule has 6 rings (SSSR count). The molecule has 3 aliphatic carbocycles. The Morgan fingerprint density at radius 3 is 2.35 bits per heavy atom. The van der Waals surface area contributed by atoms with E-state index in [-0.39, 0.29) is 0 Å². The summed E-state index contributed by atoms with van der Waals surface area (Å²) in [5.41, 5.74) is 14.4. The molecule has 0 aliphatic heterocycles. The number of aliphatic hydroxyl groups excluding tert-OH is 1. The fraction of sp³-hybridized carbons (Fsp3) is 0.476. The fourth-order valence-electron chi connectivity index (χ4n) is 8.22. The van der Waals surface area contributed by atoms with Gasteiger partial charge >= 0.3 is 0 Å². The van der Waals surface area contributed by atoms with Crippen molar-refractivity contribution in [3.05, 3.63) is 92.3 Å². The maximum atomic E-state index is 11.3. The lowest BCUT2D eigenvalue weighted by Crippen LogP contribution is -2.16. The molecule has 226 valence electrons. The van der Waals surface area contributed by atoms with Gasteiger partial charge < -0.3 is 5.11 Å². The summed E-state index contributed by atoms with van der Waals surface area (Å²) in [5.74, 6) is 2.08. The van der Waals surface area contributed by atoms with Gasteiger partial charge in [0.15, 0.2) is 0 Å². The van der Waals surface area contributed by atoms with Crippen LogP contribution in [-0.4, -0.2) is 5.11 Å². The summed E-state index contributed by atoms with van der Waals surface area (Å²) in [6.07, 6.45) is 20.4. The molecule has 1 nitrogen and oxygen atoms in total. The van der Waals surface area contributed by atoms with Crippen LogP contribution in [0.15, 0.2) is 53.3 Å². The van der Waals surface area contributed by atoms with Crippen LogP contribution >= 0.6 is 0 Å². The van der Waals surface area contributed by atoms with Crippen LogP contribution in [0, 0.1) is 11.8 Å². The minimum Gasteiger partial charge on any atom is -0.512 e. The number of rotatable bonds is 11. The molecular formula is C42H52O. The van der Waals surface area contributed by atoms with E-state index in [9.17, 15) is 5.11 Å². The summed E-state index contributed by atoms with van der Waals surface area (Å²) < 4.78 is 0. The smallest absolute Gasteiger partial charge is 0.0973 e. The van der Waals surface area contributed by atoms with Crippen LogP contribution in [0.1, 0.15) is 132 Å². The van der Waals surface area contributed by atoms with Crippen molar-refractivity contribution in [1.29, 1.82) is 0 Å². The van der Waals surface area contributed by atoms with E-state index in [2.05, 4.69) is 91.0 Å². The van der Waals surface area contributed by atoms with Crippen LogP contribution < -0.4 is 0 Å². The lowest BCUT2D eigenvalue weighted by molar-refractivity contribution is 0.403. The van der Waals surface area contributed by atoms with E-state index in [0.717, 1.165) is 38.5 Å². The summed E-state index contributed by atoms with van der Waals surface area (Å²) >= 11 is 0. The summed E-state index contributed by atoms with van der Waals surface area (Å²) in [7, 11) is 0. The number of fused-ring (bicyclic) bond motifs is 4. The zero-order chi connectivity index (χ0) is 30.4. The van der Waals surface area contributed by atoms with Crippen molar-refractivity contribution in [3.63, 3.8) is 0 Å². The Morgan fingerprint density at radius 1 is 0.837 bits per heavy atom. The third-order valence-electron chi connectivity index (χ3n) is 10.1. The Kier molecular flexibility index (Phi) is 8.47. The molecule has 1 unspecified atom stereocenters. The topological polar surface area (TPSA) is 20.2 Å². The average molecular weight is 573 g/mol. The van der Waals surface area contributed by atoms with Gasteiger partial charge in [-0.3, -0.25) is 0 Å². The van der Waals surface area contributed by atoms with Gasteiger partial charge in [0.25, 0.3) is 0 Å². The van der Waals surface area contributed by atoms with E-state index in [1.54, 1.807) is 0 Å². The second-order valence-electron chi connectivity index (χ2n) is 14.4. The maximum Gasteiger partial charge on any atom is 0.0973 e. The van der Waals surface area contributed by atoms with Crippen molar-refractivity contribution in [1.82, 2.24) is 0 Å². The number of hydrogen-bond donors (Lipinski definition) is 1.